The summed E-state index contributed by atoms with van der Waals surface area (Å²) in [7, 11) is 0. The van der Waals surface area contributed by atoms with Crippen molar-refractivity contribution in [2.24, 2.45) is 0 Å². The van der Waals surface area contributed by atoms with Gasteiger partial charge in [0.05, 0.1) is 5.56 Å². The Morgan fingerprint density at radius 2 is 2.42 bits per heavy atom. The Morgan fingerprint density at radius 3 is 3.00 bits per heavy atom. The molecule has 0 aromatic carbocycles. The zero-order valence-corrected chi connectivity index (χ0v) is 8.43. The van der Waals surface area contributed by atoms with Crippen molar-refractivity contribution in [1.29, 1.82) is 5.26 Å². The minimum atomic E-state index is 0.649. The van der Waals surface area contributed by atoms with Crippen LogP contribution in [0.1, 0.15) is 24.5 Å². The molecule has 0 saturated carbocycles. The lowest BCUT2D eigenvalue weighted by molar-refractivity contribution is 0.911. The Balaban J connectivity index is 3.11. The van der Waals surface area contributed by atoms with Gasteiger partial charge in [-0.25, -0.2) is 4.98 Å². The summed E-state index contributed by atoms with van der Waals surface area (Å²) in [6, 6.07) is 4.03. The minimum absolute atomic E-state index is 0.649. The van der Waals surface area contributed by atoms with E-state index in [1.165, 1.54) is 0 Å². The van der Waals surface area contributed by atoms with Crippen LogP contribution in [0.4, 0.5) is 0 Å². The van der Waals surface area contributed by atoms with Gasteiger partial charge in [0.25, 0.3) is 0 Å². The van der Waals surface area contributed by atoms with Crippen molar-refractivity contribution >= 4 is 15.9 Å². The van der Waals surface area contributed by atoms with E-state index in [4.69, 9.17) is 5.26 Å². The van der Waals surface area contributed by atoms with E-state index < -0.39 is 0 Å². The number of nitrogens with zero attached hydrogens (tertiary/aromatic N) is 2. The zero-order chi connectivity index (χ0) is 8.97. The number of pyridine rings is 1. The summed E-state index contributed by atoms with van der Waals surface area (Å²) in [5.74, 6) is 0. The molecule has 12 heavy (non-hydrogen) atoms. The monoisotopic (exact) mass is 224 g/mol. The molecule has 0 aliphatic carbocycles. The molecule has 0 amide bonds. The van der Waals surface area contributed by atoms with Crippen LogP contribution in [0.25, 0.3) is 0 Å². The minimum Gasteiger partial charge on any atom is -0.248 e. The molecule has 0 aliphatic heterocycles. The van der Waals surface area contributed by atoms with E-state index in [1.807, 2.05) is 6.07 Å². The third-order valence-corrected chi connectivity index (χ3v) is 2.22. The fraction of sp³-hybridized carbons (Fsp3) is 0.333. The first kappa shape index (κ1) is 9.21. The normalized spacial score (nSPS) is 9.42. The molecule has 0 spiro atoms. The molecule has 0 unspecified atom stereocenters. The maximum atomic E-state index is 8.81. The molecule has 1 aromatic heterocycles. The van der Waals surface area contributed by atoms with Crippen LogP contribution < -0.4 is 0 Å². The van der Waals surface area contributed by atoms with Crippen LogP contribution in [0.2, 0.25) is 0 Å². The fourth-order valence-corrected chi connectivity index (χ4v) is 1.53. The van der Waals surface area contributed by atoms with Gasteiger partial charge in [0.2, 0.25) is 0 Å². The van der Waals surface area contributed by atoms with E-state index in [-0.39, 0.29) is 0 Å². The van der Waals surface area contributed by atoms with Gasteiger partial charge in [0, 0.05) is 6.20 Å². The molecule has 2 nitrogen and oxygen atoms in total. The quantitative estimate of drug-likeness (QED) is 0.725. The Labute approximate surface area is 80.4 Å². The predicted octanol–water partition coefficient (Wildman–Crippen LogP) is 2.67. The van der Waals surface area contributed by atoms with E-state index in [0.29, 0.717) is 10.2 Å². The Kier molecular flexibility index (Phi) is 3.24. The van der Waals surface area contributed by atoms with Crippen molar-refractivity contribution in [1.82, 2.24) is 4.98 Å². The summed E-state index contributed by atoms with van der Waals surface area (Å²) >= 11 is 3.24. The standard InChI is InChI=1S/C9H9BrN2/c1-2-3-7-4-5-12-9(10)8(7)6-11/h4-5H,2-3H2,1H3. The van der Waals surface area contributed by atoms with Crippen molar-refractivity contribution in [2.45, 2.75) is 19.8 Å². The largest absolute Gasteiger partial charge is 0.248 e. The second-order valence-electron chi connectivity index (χ2n) is 2.50. The van der Waals surface area contributed by atoms with Crippen molar-refractivity contribution in [3.05, 3.63) is 28.0 Å². The molecule has 3 heteroatoms. The van der Waals surface area contributed by atoms with Gasteiger partial charge in [0.1, 0.15) is 10.7 Å². The molecule has 1 heterocycles. The third kappa shape index (κ3) is 1.83. The molecular weight excluding hydrogens is 216 g/mol. The number of hydrogen-bond acceptors (Lipinski definition) is 2. The molecule has 0 radical (unpaired) electrons. The number of hydrogen-bond donors (Lipinski definition) is 0. The first-order valence-corrected chi connectivity index (χ1v) is 4.62. The molecule has 1 aromatic rings. The van der Waals surface area contributed by atoms with Crippen molar-refractivity contribution in [2.75, 3.05) is 0 Å². The van der Waals surface area contributed by atoms with Crippen LogP contribution in [-0.4, -0.2) is 4.98 Å². The summed E-state index contributed by atoms with van der Waals surface area (Å²) in [6.07, 6.45) is 3.70. The van der Waals surface area contributed by atoms with E-state index in [1.54, 1.807) is 6.20 Å². The van der Waals surface area contributed by atoms with Gasteiger partial charge in [-0.05, 0) is 34.0 Å². The lowest BCUT2D eigenvalue weighted by atomic mass is 10.1. The Morgan fingerprint density at radius 1 is 1.67 bits per heavy atom. The van der Waals surface area contributed by atoms with Gasteiger partial charge in [-0.2, -0.15) is 5.26 Å². The van der Waals surface area contributed by atoms with Gasteiger partial charge in [-0.3, -0.25) is 0 Å². The second kappa shape index (κ2) is 4.22. The van der Waals surface area contributed by atoms with E-state index in [0.717, 1.165) is 18.4 Å². The highest BCUT2D eigenvalue weighted by atomic mass is 79.9. The third-order valence-electron chi connectivity index (χ3n) is 1.62. The van der Waals surface area contributed by atoms with Gasteiger partial charge >= 0.3 is 0 Å². The first-order valence-electron chi connectivity index (χ1n) is 3.83. The predicted molar refractivity (Wildman–Crippen MR) is 50.6 cm³/mol. The highest BCUT2D eigenvalue weighted by molar-refractivity contribution is 9.10. The van der Waals surface area contributed by atoms with E-state index >= 15 is 0 Å². The van der Waals surface area contributed by atoms with Crippen LogP contribution in [0.5, 0.6) is 0 Å². The van der Waals surface area contributed by atoms with Crippen molar-refractivity contribution < 1.29 is 0 Å². The van der Waals surface area contributed by atoms with Gasteiger partial charge in [-0.15, -0.1) is 0 Å². The molecule has 0 saturated heterocycles. The zero-order valence-electron chi connectivity index (χ0n) is 6.84. The molecule has 0 atom stereocenters. The number of halogens is 1. The topological polar surface area (TPSA) is 36.7 Å². The Bertz CT molecular complexity index is 315. The number of aromatic nitrogens is 1. The first-order chi connectivity index (χ1) is 5.79. The number of aryl methyl sites for hydroxylation is 1. The maximum Gasteiger partial charge on any atom is 0.124 e. The molecular formula is C9H9BrN2. The number of nitriles is 1. The molecule has 1 rings (SSSR count). The van der Waals surface area contributed by atoms with Crippen LogP contribution in [0.15, 0.2) is 16.9 Å². The van der Waals surface area contributed by atoms with Crippen LogP contribution in [0, 0.1) is 11.3 Å². The molecule has 0 bridgehead atoms. The summed E-state index contributed by atoms with van der Waals surface area (Å²) in [6.45, 7) is 2.09. The van der Waals surface area contributed by atoms with Crippen molar-refractivity contribution in [3.63, 3.8) is 0 Å². The van der Waals surface area contributed by atoms with Crippen LogP contribution in [0.3, 0.4) is 0 Å². The lowest BCUT2D eigenvalue weighted by Gasteiger charge is -2.01. The summed E-state index contributed by atoms with van der Waals surface area (Å²) in [4.78, 5) is 3.99. The van der Waals surface area contributed by atoms with Gasteiger partial charge in [-0.1, -0.05) is 13.3 Å². The Hall–Kier alpha value is -0.880. The lowest BCUT2D eigenvalue weighted by Crippen LogP contribution is -1.92. The second-order valence-corrected chi connectivity index (χ2v) is 3.25. The average Bonchev–Trinajstić information content (AvgIpc) is 2.05. The van der Waals surface area contributed by atoms with E-state index in [9.17, 15) is 0 Å². The highest BCUT2D eigenvalue weighted by Gasteiger charge is 2.04. The molecule has 0 aliphatic rings. The highest BCUT2D eigenvalue weighted by Crippen LogP contribution is 2.17. The molecule has 0 N–H and O–H groups in total. The fourth-order valence-electron chi connectivity index (χ4n) is 1.07. The number of rotatable bonds is 2. The SMILES string of the molecule is CCCc1ccnc(Br)c1C#N. The van der Waals surface area contributed by atoms with Gasteiger partial charge < -0.3 is 0 Å². The molecule has 0 fully saturated rings. The molecule has 62 valence electrons. The summed E-state index contributed by atoms with van der Waals surface area (Å²) in [5, 5.41) is 8.81. The van der Waals surface area contributed by atoms with Crippen molar-refractivity contribution in [3.8, 4) is 6.07 Å². The average molecular weight is 225 g/mol. The van der Waals surface area contributed by atoms with Gasteiger partial charge in [0.15, 0.2) is 0 Å². The summed E-state index contributed by atoms with van der Waals surface area (Å²) in [5.41, 5.74) is 1.74. The maximum absolute atomic E-state index is 8.81. The van der Waals surface area contributed by atoms with Crippen LogP contribution in [-0.2, 0) is 6.42 Å². The van der Waals surface area contributed by atoms with E-state index in [2.05, 4.69) is 33.9 Å². The summed E-state index contributed by atoms with van der Waals surface area (Å²) < 4.78 is 0.649. The van der Waals surface area contributed by atoms with Crippen LogP contribution >= 0.6 is 15.9 Å². The smallest absolute Gasteiger partial charge is 0.124 e.